The number of hydrogen-bond acceptors (Lipinski definition) is 3. The first-order chi connectivity index (χ1) is 9.95. The summed E-state index contributed by atoms with van der Waals surface area (Å²) in [6, 6.07) is 1.96. The third-order valence-electron chi connectivity index (χ3n) is 3.32. The summed E-state index contributed by atoms with van der Waals surface area (Å²) < 4.78 is 43.2. The van der Waals surface area contributed by atoms with Crippen LogP contribution in [-0.4, -0.2) is 19.3 Å². The third kappa shape index (κ3) is 1.78. The topological polar surface area (TPSA) is 61.7 Å². The van der Waals surface area contributed by atoms with Crippen molar-refractivity contribution in [1.29, 1.82) is 0 Å². The summed E-state index contributed by atoms with van der Waals surface area (Å²) in [7, 11) is 1.65. The predicted octanol–water partition coefficient (Wildman–Crippen LogP) is 2.32. The number of halogens is 3. The van der Waals surface area contributed by atoms with Crippen LogP contribution >= 0.6 is 0 Å². The van der Waals surface area contributed by atoms with Gasteiger partial charge in [-0.25, -0.2) is 22.8 Å². The second kappa shape index (κ2) is 4.51. The van der Waals surface area contributed by atoms with Gasteiger partial charge < -0.3 is 5.73 Å². The molecule has 2 heterocycles. The molecule has 0 atom stereocenters. The molecule has 5 nitrogen and oxygen atoms in total. The van der Waals surface area contributed by atoms with Gasteiger partial charge in [-0.3, -0.25) is 4.57 Å². The van der Waals surface area contributed by atoms with Gasteiger partial charge in [0.15, 0.2) is 23.1 Å². The van der Waals surface area contributed by atoms with E-state index in [1.165, 1.54) is 9.25 Å². The van der Waals surface area contributed by atoms with Gasteiger partial charge in [0.05, 0.1) is 11.4 Å². The highest BCUT2D eigenvalue weighted by molar-refractivity contribution is 5.80. The van der Waals surface area contributed by atoms with Gasteiger partial charge in [-0.15, -0.1) is 0 Å². The third-order valence-corrected chi connectivity index (χ3v) is 3.32. The van der Waals surface area contributed by atoms with Gasteiger partial charge >= 0.3 is 0 Å². The summed E-state index contributed by atoms with van der Waals surface area (Å²) in [6.45, 7) is 1.90. The number of rotatable bonds is 2. The van der Waals surface area contributed by atoms with Crippen molar-refractivity contribution in [3.8, 4) is 5.69 Å². The zero-order valence-electron chi connectivity index (χ0n) is 11.4. The van der Waals surface area contributed by atoms with E-state index in [1.54, 1.807) is 7.05 Å². The summed E-state index contributed by atoms with van der Waals surface area (Å²) >= 11 is 0. The predicted molar refractivity (Wildman–Crippen MR) is 71.5 cm³/mol. The fraction of sp³-hybridized carbons (Fsp3) is 0.231. The Morgan fingerprint density at radius 1 is 1.19 bits per heavy atom. The smallest absolute Gasteiger partial charge is 0.207 e. The Morgan fingerprint density at radius 3 is 2.57 bits per heavy atom. The summed E-state index contributed by atoms with van der Waals surface area (Å²) in [5.74, 6) is -4.14. The maximum atomic E-state index is 14.0. The highest BCUT2D eigenvalue weighted by Crippen LogP contribution is 2.28. The van der Waals surface area contributed by atoms with Gasteiger partial charge in [-0.1, -0.05) is 6.92 Å². The lowest BCUT2D eigenvalue weighted by Crippen LogP contribution is -2.08. The van der Waals surface area contributed by atoms with Gasteiger partial charge in [0.25, 0.3) is 0 Å². The number of anilines is 1. The Morgan fingerprint density at radius 2 is 1.90 bits per heavy atom. The van der Waals surface area contributed by atoms with Crippen molar-refractivity contribution in [3.05, 3.63) is 35.3 Å². The summed E-state index contributed by atoms with van der Waals surface area (Å²) in [5.41, 5.74) is 7.23. The Balaban J connectivity index is 2.38. The van der Waals surface area contributed by atoms with Crippen LogP contribution in [0.15, 0.2) is 12.1 Å². The minimum absolute atomic E-state index is 0.0161. The molecule has 0 fully saturated rings. The Kier molecular flexibility index (Phi) is 2.89. The van der Waals surface area contributed by atoms with Gasteiger partial charge in [0.2, 0.25) is 5.95 Å². The van der Waals surface area contributed by atoms with Crippen molar-refractivity contribution in [2.24, 2.45) is 7.05 Å². The lowest BCUT2D eigenvalue weighted by atomic mass is 10.2. The first-order valence-electron chi connectivity index (χ1n) is 6.29. The lowest BCUT2D eigenvalue weighted by Gasteiger charge is -2.09. The highest BCUT2D eigenvalue weighted by atomic mass is 19.2. The molecule has 2 aromatic heterocycles. The molecule has 0 spiro atoms. The number of imidazole rings is 1. The summed E-state index contributed by atoms with van der Waals surface area (Å²) in [5, 5.41) is 4.25. The molecular weight excluding hydrogens is 283 g/mol. The normalized spacial score (nSPS) is 11.5. The second-order valence-electron chi connectivity index (χ2n) is 4.60. The Bertz CT molecular complexity index is 849. The molecule has 0 amide bonds. The lowest BCUT2D eigenvalue weighted by molar-refractivity contribution is 0.445. The molecule has 0 bridgehead atoms. The van der Waals surface area contributed by atoms with Crippen molar-refractivity contribution in [2.45, 2.75) is 13.3 Å². The van der Waals surface area contributed by atoms with Crippen molar-refractivity contribution >= 4 is 17.1 Å². The van der Waals surface area contributed by atoms with E-state index in [1.807, 2.05) is 6.92 Å². The van der Waals surface area contributed by atoms with Crippen molar-refractivity contribution in [2.75, 3.05) is 5.73 Å². The van der Waals surface area contributed by atoms with E-state index in [4.69, 9.17) is 5.73 Å². The maximum absolute atomic E-state index is 14.0. The molecule has 0 saturated heterocycles. The molecule has 0 unspecified atom stereocenters. The second-order valence-corrected chi connectivity index (χ2v) is 4.60. The van der Waals surface area contributed by atoms with E-state index in [9.17, 15) is 13.2 Å². The van der Waals surface area contributed by atoms with Gasteiger partial charge in [0, 0.05) is 7.05 Å². The van der Waals surface area contributed by atoms with E-state index < -0.39 is 17.5 Å². The standard InChI is InChI=1S/C13H12F3N5/c1-3-7-11-12(20(2)19-7)21(13(17)18-11)8-5-4-6(14)9(15)10(8)16/h4-5H,3H2,1-2H3,(H2,17,18). The molecule has 3 rings (SSSR count). The monoisotopic (exact) mass is 295 g/mol. The molecule has 0 aliphatic heterocycles. The number of aryl methyl sites for hydroxylation is 2. The molecule has 0 aliphatic rings. The summed E-state index contributed by atoms with van der Waals surface area (Å²) in [4.78, 5) is 4.15. The largest absolute Gasteiger partial charge is 0.369 e. The van der Waals surface area contributed by atoms with E-state index in [0.29, 0.717) is 23.3 Å². The average Bonchev–Trinajstić information content (AvgIpc) is 2.94. The molecule has 0 aliphatic carbocycles. The van der Waals surface area contributed by atoms with Crippen LogP contribution in [0.1, 0.15) is 12.6 Å². The Hall–Kier alpha value is -2.51. The van der Waals surface area contributed by atoms with Crippen LogP contribution in [-0.2, 0) is 13.5 Å². The SMILES string of the molecule is CCc1nn(C)c2c1nc(N)n2-c1ccc(F)c(F)c1F. The van der Waals surface area contributed by atoms with Crippen LogP contribution in [0.25, 0.3) is 16.9 Å². The molecule has 2 N–H and O–H groups in total. The fourth-order valence-electron chi connectivity index (χ4n) is 2.36. The van der Waals surface area contributed by atoms with E-state index >= 15 is 0 Å². The maximum Gasteiger partial charge on any atom is 0.207 e. The van der Waals surface area contributed by atoms with Crippen LogP contribution < -0.4 is 5.73 Å². The van der Waals surface area contributed by atoms with Crippen LogP contribution in [0.3, 0.4) is 0 Å². The zero-order valence-corrected chi connectivity index (χ0v) is 11.4. The quantitative estimate of drug-likeness (QED) is 0.738. The van der Waals surface area contributed by atoms with Crippen molar-refractivity contribution < 1.29 is 13.2 Å². The highest BCUT2D eigenvalue weighted by Gasteiger charge is 2.22. The minimum Gasteiger partial charge on any atom is -0.369 e. The number of benzene rings is 1. The number of aromatic nitrogens is 4. The molecule has 21 heavy (non-hydrogen) atoms. The zero-order chi connectivity index (χ0) is 15.3. The van der Waals surface area contributed by atoms with Crippen molar-refractivity contribution in [3.63, 3.8) is 0 Å². The molecular formula is C13H12F3N5. The first kappa shape index (κ1) is 13.5. The number of hydrogen-bond donors (Lipinski definition) is 1. The number of nitrogens with two attached hydrogens (primary N) is 1. The van der Waals surface area contributed by atoms with E-state index in [2.05, 4.69) is 10.1 Å². The van der Waals surface area contributed by atoms with Crippen molar-refractivity contribution in [1.82, 2.24) is 19.3 Å². The van der Waals surface area contributed by atoms with Crippen LogP contribution in [0.2, 0.25) is 0 Å². The molecule has 0 radical (unpaired) electrons. The van der Waals surface area contributed by atoms with Crippen LogP contribution in [0, 0.1) is 17.5 Å². The molecule has 8 heteroatoms. The average molecular weight is 295 g/mol. The van der Waals surface area contributed by atoms with Gasteiger partial charge in [-0.2, -0.15) is 5.10 Å². The fourth-order valence-corrected chi connectivity index (χ4v) is 2.36. The van der Waals surface area contributed by atoms with Gasteiger partial charge in [0.1, 0.15) is 5.52 Å². The van der Waals surface area contributed by atoms with Crippen LogP contribution in [0.5, 0.6) is 0 Å². The number of nitrogen functional groups attached to an aromatic ring is 1. The van der Waals surface area contributed by atoms with Gasteiger partial charge in [-0.05, 0) is 18.6 Å². The minimum atomic E-state index is -1.55. The van der Waals surface area contributed by atoms with E-state index in [0.717, 1.165) is 12.1 Å². The molecule has 0 saturated carbocycles. The number of nitrogens with zero attached hydrogens (tertiary/aromatic N) is 4. The Labute approximate surface area is 117 Å². The number of fused-ring (bicyclic) bond motifs is 1. The molecule has 110 valence electrons. The van der Waals surface area contributed by atoms with E-state index in [-0.39, 0.29) is 11.6 Å². The molecule has 1 aromatic carbocycles. The first-order valence-corrected chi connectivity index (χ1v) is 6.29. The summed E-state index contributed by atoms with van der Waals surface area (Å²) in [6.07, 6.45) is 0.619. The molecule has 3 aromatic rings. The van der Waals surface area contributed by atoms with Crippen LogP contribution in [0.4, 0.5) is 19.1 Å².